The van der Waals surface area contributed by atoms with E-state index in [2.05, 4.69) is 6.07 Å². The van der Waals surface area contributed by atoms with Crippen molar-refractivity contribution in [2.75, 3.05) is 25.2 Å². The normalized spacial score (nSPS) is 14.4. The summed E-state index contributed by atoms with van der Waals surface area (Å²) in [5.74, 6) is 0.0195. The number of aromatic nitrogens is 2. The predicted molar refractivity (Wildman–Crippen MR) is 130 cm³/mol. The van der Waals surface area contributed by atoms with Gasteiger partial charge in [-0.15, -0.1) is 0 Å². The molecule has 168 valence electrons. The van der Waals surface area contributed by atoms with Crippen LogP contribution in [-0.2, 0) is 22.5 Å². The molecule has 0 spiro atoms. The number of benzene rings is 2. The fraction of sp³-hybridized carbons (Fsp3) is 0.375. The van der Waals surface area contributed by atoms with Crippen molar-refractivity contribution in [3.8, 4) is 0 Å². The van der Waals surface area contributed by atoms with Crippen LogP contribution >= 0.6 is 23.4 Å². The van der Waals surface area contributed by atoms with E-state index in [0.29, 0.717) is 47.2 Å². The molecule has 4 rings (SSSR count). The Morgan fingerprint density at radius 3 is 2.91 bits per heavy atom. The standard InChI is InChI=1S/C24H26ClN3O3S/c1-16(22(29)27-12-5-8-17-7-3-4-9-21(17)27)32-24-26-20-15-18(25)10-11-19(20)23(30)28(24)13-6-14-31-2/h3-4,7,9-11,15-16H,5-6,8,12-14H2,1-2H3. The Hall–Kier alpha value is -2.35. The Labute approximate surface area is 196 Å². The fourth-order valence-electron chi connectivity index (χ4n) is 4.02. The zero-order valence-electron chi connectivity index (χ0n) is 18.2. The third-order valence-electron chi connectivity index (χ3n) is 5.62. The molecule has 1 aliphatic rings. The third-order valence-corrected chi connectivity index (χ3v) is 6.93. The maximum atomic E-state index is 13.4. The molecule has 8 heteroatoms. The maximum absolute atomic E-state index is 13.4. The molecule has 0 bridgehead atoms. The van der Waals surface area contributed by atoms with Gasteiger partial charge >= 0.3 is 0 Å². The molecule has 0 radical (unpaired) electrons. The first kappa shape index (κ1) is 22.8. The average molecular weight is 472 g/mol. The minimum atomic E-state index is -0.404. The molecule has 1 aliphatic heterocycles. The lowest BCUT2D eigenvalue weighted by Crippen LogP contribution is -2.40. The number of aryl methyl sites for hydroxylation is 1. The number of carbonyl (C=O) groups excluding carboxylic acids is 1. The van der Waals surface area contributed by atoms with E-state index in [1.165, 1.54) is 17.3 Å². The van der Waals surface area contributed by atoms with Crippen molar-refractivity contribution in [1.29, 1.82) is 0 Å². The molecule has 0 aliphatic carbocycles. The number of hydrogen-bond donors (Lipinski definition) is 0. The molecule has 1 aromatic heterocycles. The number of nitrogens with zero attached hydrogens (tertiary/aromatic N) is 3. The fourth-order valence-corrected chi connectivity index (χ4v) is 5.18. The number of hydrogen-bond acceptors (Lipinski definition) is 5. The van der Waals surface area contributed by atoms with Crippen LogP contribution in [-0.4, -0.2) is 41.0 Å². The van der Waals surface area contributed by atoms with Crippen molar-refractivity contribution >= 4 is 45.9 Å². The molecule has 32 heavy (non-hydrogen) atoms. The van der Waals surface area contributed by atoms with Gasteiger partial charge < -0.3 is 9.64 Å². The van der Waals surface area contributed by atoms with E-state index in [9.17, 15) is 9.59 Å². The zero-order chi connectivity index (χ0) is 22.7. The van der Waals surface area contributed by atoms with Crippen molar-refractivity contribution in [2.24, 2.45) is 0 Å². The van der Waals surface area contributed by atoms with E-state index < -0.39 is 5.25 Å². The highest BCUT2D eigenvalue weighted by Gasteiger charge is 2.28. The smallest absolute Gasteiger partial charge is 0.262 e. The van der Waals surface area contributed by atoms with Gasteiger partial charge in [-0.2, -0.15) is 0 Å². The van der Waals surface area contributed by atoms with E-state index >= 15 is 0 Å². The van der Waals surface area contributed by atoms with E-state index in [4.69, 9.17) is 21.3 Å². The van der Waals surface area contributed by atoms with Gasteiger partial charge in [0.05, 0.1) is 16.2 Å². The number of thioether (sulfide) groups is 1. The highest BCUT2D eigenvalue weighted by atomic mass is 35.5. The van der Waals surface area contributed by atoms with E-state index in [1.54, 1.807) is 29.9 Å². The maximum Gasteiger partial charge on any atom is 0.262 e. The van der Waals surface area contributed by atoms with Crippen LogP contribution in [0.25, 0.3) is 10.9 Å². The lowest BCUT2D eigenvalue weighted by Gasteiger charge is -2.31. The highest BCUT2D eigenvalue weighted by molar-refractivity contribution is 8.00. The largest absolute Gasteiger partial charge is 0.385 e. The third kappa shape index (κ3) is 4.70. The summed E-state index contributed by atoms with van der Waals surface area (Å²) in [5, 5.41) is 1.15. The second-order valence-electron chi connectivity index (χ2n) is 7.84. The lowest BCUT2D eigenvalue weighted by molar-refractivity contribution is -0.117. The Morgan fingerprint density at radius 2 is 2.09 bits per heavy atom. The van der Waals surface area contributed by atoms with Gasteiger partial charge in [0.1, 0.15) is 0 Å². The molecular weight excluding hydrogens is 446 g/mol. The van der Waals surface area contributed by atoms with Gasteiger partial charge in [-0.3, -0.25) is 14.2 Å². The molecule has 0 saturated carbocycles. The van der Waals surface area contributed by atoms with Crippen LogP contribution in [0, 0.1) is 0 Å². The van der Waals surface area contributed by atoms with Gasteiger partial charge in [-0.05, 0) is 56.0 Å². The molecule has 1 amide bonds. The number of para-hydroxylation sites is 1. The molecule has 1 unspecified atom stereocenters. The van der Waals surface area contributed by atoms with Crippen LogP contribution in [0.1, 0.15) is 25.3 Å². The summed E-state index contributed by atoms with van der Waals surface area (Å²) in [4.78, 5) is 33.2. The number of carbonyl (C=O) groups is 1. The average Bonchev–Trinajstić information content (AvgIpc) is 2.80. The summed E-state index contributed by atoms with van der Waals surface area (Å²) in [6, 6.07) is 13.1. The van der Waals surface area contributed by atoms with E-state index in [0.717, 1.165) is 18.5 Å². The minimum absolute atomic E-state index is 0.0195. The van der Waals surface area contributed by atoms with Crippen molar-refractivity contribution in [3.05, 3.63) is 63.4 Å². The van der Waals surface area contributed by atoms with Crippen LogP contribution in [0.2, 0.25) is 5.02 Å². The first-order valence-electron chi connectivity index (χ1n) is 10.7. The monoisotopic (exact) mass is 471 g/mol. The Kier molecular flexibility index (Phi) is 7.18. The van der Waals surface area contributed by atoms with Gasteiger partial charge in [0.15, 0.2) is 5.16 Å². The molecular formula is C24H26ClN3O3S. The number of amides is 1. The van der Waals surface area contributed by atoms with Gasteiger partial charge in [-0.1, -0.05) is 41.6 Å². The molecule has 0 saturated heterocycles. The number of methoxy groups -OCH3 is 1. The van der Waals surface area contributed by atoms with E-state index in [-0.39, 0.29) is 11.5 Å². The van der Waals surface area contributed by atoms with Crippen molar-refractivity contribution in [2.45, 2.75) is 43.1 Å². The zero-order valence-corrected chi connectivity index (χ0v) is 19.8. The Bertz CT molecular complexity index is 1200. The summed E-state index contributed by atoms with van der Waals surface area (Å²) >= 11 is 7.45. The number of halogens is 1. The van der Waals surface area contributed by atoms with Crippen molar-refractivity contribution in [3.63, 3.8) is 0 Å². The quantitative estimate of drug-likeness (QED) is 0.287. The summed E-state index contributed by atoms with van der Waals surface area (Å²) in [6.45, 7) is 3.57. The Morgan fingerprint density at radius 1 is 1.28 bits per heavy atom. The van der Waals surface area contributed by atoms with Crippen LogP contribution in [0.5, 0.6) is 0 Å². The summed E-state index contributed by atoms with van der Waals surface area (Å²) < 4.78 is 6.80. The first-order chi connectivity index (χ1) is 15.5. The lowest BCUT2D eigenvalue weighted by atomic mass is 10.0. The summed E-state index contributed by atoms with van der Waals surface area (Å²) in [5.41, 5.74) is 2.58. The van der Waals surface area contributed by atoms with Crippen LogP contribution in [0.3, 0.4) is 0 Å². The second kappa shape index (κ2) is 10.1. The van der Waals surface area contributed by atoms with Crippen molar-refractivity contribution in [1.82, 2.24) is 9.55 Å². The van der Waals surface area contributed by atoms with Crippen LogP contribution in [0.4, 0.5) is 5.69 Å². The van der Waals surface area contributed by atoms with Crippen LogP contribution < -0.4 is 10.5 Å². The number of anilines is 1. The minimum Gasteiger partial charge on any atom is -0.385 e. The first-order valence-corrected chi connectivity index (χ1v) is 12.0. The summed E-state index contributed by atoms with van der Waals surface area (Å²) in [6.07, 6.45) is 2.59. The number of rotatable bonds is 7. The van der Waals surface area contributed by atoms with Crippen LogP contribution in [0.15, 0.2) is 52.4 Å². The topological polar surface area (TPSA) is 64.4 Å². The van der Waals surface area contributed by atoms with Gasteiger partial charge in [0.25, 0.3) is 5.56 Å². The molecule has 0 fully saturated rings. The summed E-state index contributed by atoms with van der Waals surface area (Å²) in [7, 11) is 1.64. The Balaban J connectivity index is 1.66. The SMILES string of the molecule is COCCCn1c(SC(C)C(=O)N2CCCc3ccccc32)nc2cc(Cl)ccc2c1=O. The second-order valence-corrected chi connectivity index (χ2v) is 9.59. The molecule has 2 aromatic carbocycles. The number of fused-ring (bicyclic) bond motifs is 2. The predicted octanol–water partition coefficient (Wildman–Crippen LogP) is 4.55. The molecule has 0 N–H and O–H groups in total. The van der Waals surface area contributed by atoms with E-state index in [1.807, 2.05) is 30.0 Å². The van der Waals surface area contributed by atoms with Gasteiger partial charge in [0, 0.05) is 37.5 Å². The number of ether oxygens (including phenoxy) is 1. The van der Waals surface area contributed by atoms with Gasteiger partial charge in [0.2, 0.25) is 5.91 Å². The molecule has 6 nitrogen and oxygen atoms in total. The highest BCUT2D eigenvalue weighted by Crippen LogP contribution is 2.31. The molecule has 3 aromatic rings. The van der Waals surface area contributed by atoms with Crippen molar-refractivity contribution < 1.29 is 9.53 Å². The van der Waals surface area contributed by atoms with Gasteiger partial charge in [-0.25, -0.2) is 4.98 Å². The molecule has 2 heterocycles. The molecule has 1 atom stereocenters.